The van der Waals surface area contributed by atoms with Crippen LogP contribution in [-0.2, 0) is 11.2 Å². The van der Waals surface area contributed by atoms with E-state index in [9.17, 15) is 9.18 Å². The first-order valence-corrected chi connectivity index (χ1v) is 8.48. The van der Waals surface area contributed by atoms with Gasteiger partial charge in [0.25, 0.3) is 0 Å². The largest absolute Gasteiger partial charge is 0.355 e. The van der Waals surface area contributed by atoms with Gasteiger partial charge < -0.3 is 10.6 Å². The van der Waals surface area contributed by atoms with Gasteiger partial charge in [0.05, 0.1) is 0 Å². The molecule has 0 atom stereocenters. The SMILES string of the molecule is Cl.O=C(CCc1ccc(F)cc1)NCCNC1CCCCCC1. The fourth-order valence-electron chi connectivity index (χ4n) is 2.96. The Morgan fingerprint density at radius 2 is 1.70 bits per heavy atom. The maximum absolute atomic E-state index is 12.8. The second kappa shape index (κ2) is 11.4. The molecule has 2 N–H and O–H groups in total. The van der Waals surface area contributed by atoms with E-state index in [0.717, 1.165) is 12.1 Å². The van der Waals surface area contributed by atoms with E-state index < -0.39 is 0 Å². The van der Waals surface area contributed by atoms with E-state index in [1.165, 1.54) is 50.7 Å². The van der Waals surface area contributed by atoms with Crippen LogP contribution in [-0.4, -0.2) is 25.0 Å². The van der Waals surface area contributed by atoms with Crippen molar-refractivity contribution < 1.29 is 9.18 Å². The number of amides is 1. The minimum absolute atomic E-state index is 0. The van der Waals surface area contributed by atoms with Crippen LogP contribution in [0.2, 0.25) is 0 Å². The third-order valence-electron chi connectivity index (χ3n) is 4.29. The molecule has 130 valence electrons. The lowest BCUT2D eigenvalue weighted by Gasteiger charge is -2.16. The zero-order chi connectivity index (χ0) is 15.6. The average Bonchev–Trinajstić information content (AvgIpc) is 2.80. The zero-order valence-corrected chi connectivity index (χ0v) is 14.5. The lowest BCUT2D eigenvalue weighted by molar-refractivity contribution is -0.121. The molecule has 3 nitrogen and oxygen atoms in total. The highest BCUT2D eigenvalue weighted by Crippen LogP contribution is 2.16. The van der Waals surface area contributed by atoms with Gasteiger partial charge >= 0.3 is 0 Å². The molecule has 1 aliphatic rings. The van der Waals surface area contributed by atoms with Crippen LogP contribution in [0.25, 0.3) is 0 Å². The van der Waals surface area contributed by atoms with E-state index in [4.69, 9.17) is 0 Å². The van der Waals surface area contributed by atoms with Crippen molar-refractivity contribution >= 4 is 18.3 Å². The summed E-state index contributed by atoms with van der Waals surface area (Å²) in [5.41, 5.74) is 0.994. The van der Waals surface area contributed by atoms with Crippen molar-refractivity contribution in [2.24, 2.45) is 0 Å². The number of aryl methyl sites for hydroxylation is 1. The smallest absolute Gasteiger partial charge is 0.220 e. The molecule has 0 bridgehead atoms. The van der Waals surface area contributed by atoms with Crippen molar-refractivity contribution in [2.75, 3.05) is 13.1 Å². The Hall–Kier alpha value is -1.13. The minimum Gasteiger partial charge on any atom is -0.355 e. The first-order valence-electron chi connectivity index (χ1n) is 8.48. The number of carbonyl (C=O) groups is 1. The highest BCUT2D eigenvalue weighted by atomic mass is 35.5. The molecule has 0 heterocycles. The van der Waals surface area contributed by atoms with Crippen molar-refractivity contribution in [2.45, 2.75) is 57.4 Å². The second-order valence-electron chi connectivity index (χ2n) is 6.12. The van der Waals surface area contributed by atoms with Crippen molar-refractivity contribution in [3.8, 4) is 0 Å². The molecule has 1 aromatic carbocycles. The fraction of sp³-hybridized carbons (Fsp3) is 0.611. The number of nitrogens with one attached hydrogen (secondary N) is 2. The summed E-state index contributed by atoms with van der Waals surface area (Å²) in [6, 6.07) is 6.96. The van der Waals surface area contributed by atoms with E-state index >= 15 is 0 Å². The van der Waals surface area contributed by atoms with Crippen LogP contribution in [0.15, 0.2) is 24.3 Å². The van der Waals surface area contributed by atoms with E-state index in [-0.39, 0.29) is 24.1 Å². The second-order valence-corrected chi connectivity index (χ2v) is 6.12. The van der Waals surface area contributed by atoms with Gasteiger partial charge in [-0.15, -0.1) is 12.4 Å². The normalized spacial score (nSPS) is 15.5. The van der Waals surface area contributed by atoms with Crippen LogP contribution in [0.1, 0.15) is 50.5 Å². The number of hydrogen-bond acceptors (Lipinski definition) is 2. The molecule has 23 heavy (non-hydrogen) atoms. The number of halogens is 2. The van der Waals surface area contributed by atoms with Gasteiger partial charge in [0.1, 0.15) is 5.82 Å². The minimum atomic E-state index is -0.238. The monoisotopic (exact) mass is 342 g/mol. The Labute approximate surface area is 144 Å². The molecular weight excluding hydrogens is 315 g/mol. The molecule has 0 unspecified atom stereocenters. The van der Waals surface area contributed by atoms with Crippen molar-refractivity contribution in [3.63, 3.8) is 0 Å². The number of carbonyl (C=O) groups excluding carboxylic acids is 1. The summed E-state index contributed by atoms with van der Waals surface area (Å²) in [5.74, 6) is -0.176. The highest BCUT2D eigenvalue weighted by Gasteiger charge is 2.11. The molecule has 0 spiro atoms. The van der Waals surface area contributed by atoms with Crippen molar-refractivity contribution in [1.29, 1.82) is 0 Å². The topological polar surface area (TPSA) is 41.1 Å². The molecule has 2 rings (SSSR count). The summed E-state index contributed by atoms with van der Waals surface area (Å²) in [6.07, 6.45) is 8.99. The Kier molecular flexibility index (Phi) is 9.88. The number of benzene rings is 1. The molecule has 1 aromatic rings. The Balaban J connectivity index is 0.00000264. The molecule has 0 aromatic heterocycles. The molecule has 1 saturated carbocycles. The lowest BCUT2D eigenvalue weighted by Crippen LogP contribution is -2.36. The third-order valence-corrected chi connectivity index (χ3v) is 4.29. The molecule has 1 fully saturated rings. The van der Waals surface area contributed by atoms with Crippen molar-refractivity contribution in [1.82, 2.24) is 10.6 Å². The Morgan fingerprint density at radius 3 is 2.35 bits per heavy atom. The summed E-state index contributed by atoms with van der Waals surface area (Å²) < 4.78 is 12.8. The van der Waals surface area contributed by atoms with Crippen LogP contribution < -0.4 is 10.6 Å². The predicted molar refractivity (Wildman–Crippen MR) is 94.5 cm³/mol. The summed E-state index contributed by atoms with van der Waals surface area (Å²) in [5, 5.41) is 6.48. The Bertz CT molecular complexity index is 445. The maximum atomic E-state index is 12.8. The molecule has 0 saturated heterocycles. The van der Waals surface area contributed by atoms with Gasteiger partial charge in [0, 0.05) is 25.6 Å². The van der Waals surface area contributed by atoms with Crippen LogP contribution in [0, 0.1) is 5.82 Å². The molecule has 0 radical (unpaired) electrons. The van der Waals surface area contributed by atoms with Crippen LogP contribution in [0.3, 0.4) is 0 Å². The van der Waals surface area contributed by atoms with Gasteiger partial charge in [0.15, 0.2) is 0 Å². The van der Waals surface area contributed by atoms with Gasteiger partial charge in [0.2, 0.25) is 5.91 Å². The third kappa shape index (κ3) is 8.33. The van der Waals surface area contributed by atoms with E-state index in [1.807, 2.05) is 0 Å². The quantitative estimate of drug-likeness (QED) is 0.587. The van der Waals surface area contributed by atoms with Crippen LogP contribution in [0.5, 0.6) is 0 Å². The Morgan fingerprint density at radius 1 is 1.04 bits per heavy atom. The standard InChI is InChI=1S/C18H27FN2O.ClH/c19-16-10-7-15(8-11-16)9-12-18(22)21-14-13-20-17-5-3-1-2-4-6-17;/h7-8,10-11,17,20H,1-6,9,12-14H2,(H,21,22);1H. The zero-order valence-electron chi connectivity index (χ0n) is 13.7. The van der Waals surface area contributed by atoms with Crippen LogP contribution >= 0.6 is 12.4 Å². The van der Waals surface area contributed by atoms with E-state index in [2.05, 4.69) is 10.6 Å². The van der Waals surface area contributed by atoms with E-state index in [1.54, 1.807) is 12.1 Å². The van der Waals surface area contributed by atoms with Gasteiger partial charge in [-0.2, -0.15) is 0 Å². The van der Waals surface area contributed by atoms with Gasteiger partial charge in [-0.1, -0.05) is 37.8 Å². The number of rotatable bonds is 7. The summed E-state index contributed by atoms with van der Waals surface area (Å²) in [6.45, 7) is 1.52. The maximum Gasteiger partial charge on any atom is 0.220 e. The van der Waals surface area contributed by atoms with E-state index in [0.29, 0.717) is 25.4 Å². The average molecular weight is 343 g/mol. The molecule has 0 aliphatic heterocycles. The first kappa shape index (κ1) is 19.9. The molecule has 1 amide bonds. The summed E-state index contributed by atoms with van der Waals surface area (Å²) >= 11 is 0. The van der Waals surface area contributed by atoms with Crippen LogP contribution in [0.4, 0.5) is 4.39 Å². The highest BCUT2D eigenvalue weighted by molar-refractivity contribution is 5.85. The van der Waals surface area contributed by atoms with Gasteiger partial charge in [-0.05, 0) is 37.0 Å². The summed E-state index contributed by atoms with van der Waals surface area (Å²) in [4.78, 5) is 11.8. The molecule has 5 heteroatoms. The van der Waals surface area contributed by atoms with Gasteiger partial charge in [-0.3, -0.25) is 4.79 Å². The molecular formula is C18H28ClFN2O. The fourth-order valence-corrected chi connectivity index (χ4v) is 2.96. The van der Waals surface area contributed by atoms with Gasteiger partial charge in [-0.25, -0.2) is 4.39 Å². The molecule has 1 aliphatic carbocycles. The first-order chi connectivity index (χ1) is 10.7. The summed E-state index contributed by atoms with van der Waals surface area (Å²) in [7, 11) is 0. The van der Waals surface area contributed by atoms with Crippen molar-refractivity contribution in [3.05, 3.63) is 35.6 Å². The lowest BCUT2D eigenvalue weighted by atomic mass is 10.1. The predicted octanol–water partition coefficient (Wildman–Crippen LogP) is 3.61. The number of hydrogen-bond donors (Lipinski definition) is 2.